The van der Waals surface area contributed by atoms with Crippen molar-refractivity contribution in [3.05, 3.63) is 59.1 Å². The zero-order chi connectivity index (χ0) is 22.7. The summed E-state index contributed by atoms with van der Waals surface area (Å²) in [6, 6.07) is 11.3. The molecule has 2 N–H and O–H groups in total. The second-order valence-electron chi connectivity index (χ2n) is 7.95. The number of ether oxygens (including phenoxy) is 2. The Morgan fingerprint density at radius 1 is 1.03 bits per heavy atom. The van der Waals surface area contributed by atoms with Crippen LogP contribution in [0.4, 0.5) is 5.82 Å². The molecule has 1 aliphatic rings. The fourth-order valence-corrected chi connectivity index (χ4v) is 4.50. The van der Waals surface area contributed by atoms with Gasteiger partial charge in [-0.1, -0.05) is 11.6 Å². The lowest BCUT2D eigenvalue weighted by Gasteiger charge is -2.19. The number of aromatic nitrogens is 6. The van der Waals surface area contributed by atoms with E-state index >= 15 is 0 Å². The zero-order valence-electron chi connectivity index (χ0n) is 18.0. The van der Waals surface area contributed by atoms with Crippen LogP contribution in [-0.4, -0.2) is 42.7 Å². The molecule has 10 heteroatoms. The molecule has 0 saturated heterocycles. The van der Waals surface area contributed by atoms with E-state index in [9.17, 15) is 0 Å². The van der Waals surface area contributed by atoms with Gasteiger partial charge < -0.3 is 15.2 Å². The number of hydrogen-bond acceptors (Lipinski definition) is 7. The maximum atomic E-state index is 6.36. The molecule has 3 aromatic heterocycles. The maximum Gasteiger partial charge on any atom is 0.164 e. The molecule has 1 aliphatic heterocycles. The highest BCUT2D eigenvalue weighted by Gasteiger charge is 2.24. The highest BCUT2D eigenvalue weighted by Crippen LogP contribution is 2.36. The number of aryl methyl sites for hydroxylation is 1. The number of nitrogen functional groups attached to an aromatic ring is 1. The number of halogens is 1. The molecular weight excluding hydrogens is 442 g/mol. The third-order valence-corrected chi connectivity index (χ3v) is 6.13. The van der Waals surface area contributed by atoms with Crippen molar-refractivity contribution in [1.29, 1.82) is 0 Å². The monoisotopic (exact) mass is 461 g/mol. The molecule has 4 heterocycles. The first-order valence-electron chi connectivity index (χ1n) is 10.5. The fraction of sp³-hybridized carbons (Fsp3) is 0.217. The molecule has 9 nitrogen and oxygen atoms in total. The van der Waals surface area contributed by atoms with E-state index < -0.39 is 0 Å². The van der Waals surface area contributed by atoms with Crippen LogP contribution >= 0.6 is 11.6 Å². The van der Waals surface area contributed by atoms with Crippen LogP contribution in [0.15, 0.2) is 42.7 Å². The van der Waals surface area contributed by atoms with Crippen molar-refractivity contribution < 1.29 is 9.47 Å². The predicted molar refractivity (Wildman–Crippen MR) is 125 cm³/mol. The molecule has 2 aromatic carbocycles. The first kappa shape index (κ1) is 19.8. The van der Waals surface area contributed by atoms with Gasteiger partial charge in [-0.3, -0.25) is 0 Å². The average Bonchev–Trinajstić information content (AvgIpc) is 3.37. The molecule has 6 rings (SSSR count). The second-order valence-corrected chi connectivity index (χ2v) is 8.39. The molecule has 33 heavy (non-hydrogen) atoms. The van der Waals surface area contributed by atoms with Crippen molar-refractivity contribution in [2.24, 2.45) is 0 Å². The van der Waals surface area contributed by atoms with Gasteiger partial charge >= 0.3 is 0 Å². The van der Waals surface area contributed by atoms with Crippen molar-refractivity contribution in [3.63, 3.8) is 0 Å². The molecule has 0 amide bonds. The van der Waals surface area contributed by atoms with Gasteiger partial charge in [0.2, 0.25) is 0 Å². The summed E-state index contributed by atoms with van der Waals surface area (Å²) >= 11 is 6.36. The molecule has 166 valence electrons. The van der Waals surface area contributed by atoms with Gasteiger partial charge in [-0.05, 0) is 44.2 Å². The van der Waals surface area contributed by atoms with E-state index in [-0.39, 0.29) is 6.04 Å². The van der Waals surface area contributed by atoms with Crippen LogP contribution in [-0.2, 0) is 0 Å². The van der Waals surface area contributed by atoms with E-state index in [4.69, 9.17) is 37.0 Å². The van der Waals surface area contributed by atoms with E-state index in [0.29, 0.717) is 35.5 Å². The van der Waals surface area contributed by atoms with Crippen LogP contribution < -0.4 is 15.2 Å². The Hall–Kier alpha value is -3.85. The molecule has 0 fully saturated rings. The molecule has 0 bridgehead atoms. The Kier molecular flexibility index (Phi) is 4.41. The largest absolute Gasteiger partial charge is 0.486 e. The first-order valence-corrected chi connectivity index (χ1v) is 10.9. The van der Waals surface area contributed by atoms with E-state index in [2.05, 4.69) is 9.97 Å². The highest BCUT2D eigenvalue weighted by molar-refractivity contribution is 6.31. The minimum absolute atomic E-state index is 0.224. The number of anilines is 1. The van der Waals surface area contributed by atoms with Crippen LogP contribution in [0, 0.1) is 6.92 Å². The zero-order valence-corrected chi connectivity index (χ0v) is 18.7. The van der Waals surface area contributed by atoms with Gasteiger partial charge in [-0.25, -0.2) is 19.3 Å². The third kappa shape index (κ3) is 3.07. The Morgan fingerprint density at radius 2 is 1.85 bits per heavy atom. The summed E-state index contributed by atoms with van der Waals surface area (Å²) in [4.78, 5) is 8.55. The van der Waals surface area contributed by atoms with Crippen molar-refractivity contribution in [1.82, 2.24) is 29.5 Å². The topological polar surface area (TPSA) is 106 Å². The van der Waals surface area contributed by atoms with E-state index in [1.807, 2.05) is 59.6 Å². The molecule has 1 unspecified atom stereocenters. The molecule has 0 spiro atoms. The smallest absolute Gasteiger partial charge is 0.164 e. The molecule has 1 atom stereocenters. The quantitative estimate of drug-likeness (QED) is 0.431. The second kappa shape index (κ2) is 7.35. The van der Waals surface area contributed by atoms with Crippen molar-refractivity contribution in [2.45, 2.75) is 19.9 Å². The van der Waals surface area contributed by atoms with E-state index in [1.165, 1.54) is 6.33 Å². The molecule has 0 saturated carbocycles. The van der Waals surface area contributed by atoms with Gasteiger partial charge in [-0.2, -0.15) is 10.2 Å². The molecule has 5 aromatic rings. The summed E-state index contributed by atoms with van der Waals surface area (Å²) in [6.45, 7) is 4.99. The van der Waals surface area contributed by atoms with Gasteiger partial charge in [0.05, 0.1) is 34.0 Å². The van der Waals surface area contributed by atoms with Gasteiger partial charge in [0, 0.05) is 16.5 Å². The molecule has 0 radical (unpaired) electrons. The number of rotatable bonds is 3. The Labute approximate surface area is 193 Å². The lowest BCUT2D eigenvalue weighted by molar-refractivity contribution is 0.171. The highest BCUT2D eigenvalue weighted by atomic mass is 35.5. The standard InChI is InChI=1S/C23H20ClN7O2/c1-12-20-22(25)26-11-27-23(20)30(28-12)13(2)21-16-5-3-14(24)9-17(16)31(29-21)15-4-6-18-19(10-15)33-8-7-32-18/h3-6,9-11,13H,7-8H2,1-2H3,(H2,25,26,27). The average molecular weight is 462 g/mol. The minimum Gasteiger partial charge on any atom is -0.486 e. The van der Waals surface area contributed by atoms with Crippen molar-refractivity contribution in [3.8, 4) is 17.2 Å². The van der Waals surface area contributed by atoms with Crippen LogP contribution in [0.3, 0.4) is 0 Å². The number of fused-ring (bicyclic) bond motifs is 3. The number of nitrogens with zero attached hydrogens (tertiary/aromatic N) is 6. The summed E-state index contributed by atoms with van der Waals surface area (Å²) in [5, 5.41) is 12.0. The maximum absolute atomic E-state index is 6.36. The predicted octanol–water partition coefficient (Wildman–Crippen LogP) is 4.09. The van der Waals surface area contributed by atoms with Crippen LogP contribution in [0.25, 0.3) is 27.6 Å². The molecule has 0 aliphatic carbocycles. The summed E-state index contributed by atoms with van der Waals surface area (Å²) < 4.78 is 15.1. The van der Waals surface area contributed by atoms with Crippen LogP contribution in [0.1, 0.15) is 24.4 Å². The Bertz CT molecular complexity index is 1540. The van der Waals surface area contributed by atoms with E-state index in [1.54, 1.807) is 0 Å². The van der Waals surface area contributed by atoms with Crippen LogP contribution in [0.5, 0.6) is 11.5 Å². The van der Waals surface area contributed by atoms with Gasteiger partial charge in [0.15, 0.2) is 17.1 Å². The number of hydrogen-bond donors (Lipinski definition) is 1. The number of benzene rings is 2. The van der Waals surface area contributed by atoms with Gasteiger partial charge in [0.25, 0.3) is 0 Å². The van der Waals surface area contributed by atoms with Gasteiger partial charge in [0.1, 0.15) is 25.4 Å². The van der Waals surface area contributed by atoms with Crippen molar-refractivity contribution >= 4 is 39.4 Å². The van der Waals surface area contributed by atoms with Crippen LogP contribution in [0.2, 0.25) is 5.02 Å². The lowest BCUT2D eigenvalue weighted by Crippen LogP contribution is -2.15. The van der Waals surface area contributed by atoms with Crippen molar-refractivity contribution in [2.75, 3.05) is 18.9 Å². The normalized spacial score (nSPS) is 14.2. The number of nitrogens with two attached hydrogens (primary N) is 1. The summed E-state index contributed by atoms with van der Waals surface area (Å²) in [6.07, 6.45) is 1.45. The minimum atomic E-state index is -0.224. The first-order chi connectivity index (χ1) is 16.0. The summed E-state index contributed by atoms with van der Waals surface area (Å²) in [5.41, 5.74) is 10.1. The SMILES string of the molecule is Cc1nn(C(C)c2nn(-c3ccc4c(c3)OCCO4)c3cc(Cl)ccc23)c2ncnc(N)c12. The summed E-state index contributed by atoms with van der Waals surface area (Å²) in [5.74, 6) is 1.83. The third-order valence-electron chi connectivity index (χ3n) is 5.90. The summed E-state index contributed by atoms with van der Waals surface area (Å²) in [7, 11) is 0. The molecular formula is C23H20ClN7O2. The fourth-order valence-electron chi connectivity index (χ4n) is 4.34. The lowest BCUT2D eigenvalue weighted by atomic mass is 10.1. The Morgan fingerprint density at radius 3 is 2.70 bits per heavy atom. The Balaban J connectivity index is 1.54. The van der Waals surface area contributed by atoms with E-state index in [0.717, 1.165) is 39.1 Å². The van der Waals surface area contributed by atoms with Gasteiger partial charge in [-0.15, -0.1) is 0 Å².